The zero-order valence-corrected chi connectivity index (χ0v) is 13.7. The summed E-state index contributed by atoms with van der Waals surface area (Å²) in [4.78, 5) is 24.6. The van der Waals surface area contributed by atoms with E-state index in [0.717, 1.165) is 11.6 Å². The molecule has 0 spiro atoms. The molecule has 7 nitrogen and oxygen atoms in total. The summed E-state index contributed by atoms with van der Waals surface area (Å²) >= 11 is 0. The van der Waals surface area contributed by atoms with Crippen LogP contribution in [-0.4, -0.2) is 38.6 Å². The number of tetrazole rings is 1. The average molecular weight is 354 g/mol. The molecule has 3 aromatic rings. The molecule has 0 amide bonds. The largest absolute Gasteiger partial charge is 0.456 e. The maximum atomic E-state index is 13.2. The summed E-state index contributed by atoms with van der Waals surface area (Å²) in [5, 5.41) is 10.8. The zero-order valence-electron chi connectivity index (χ0n) is 13.7. The van der Waals surface area contributed by atoms with Crippen molar-refractivity contribution in [1.29, 1.82) is 0 Å². The van der Waals surface area contributed by atoms with Gasteiger partial charge in [-0.3, -0.25) is 4.79 Å². The molecule has 0 aliphatic carbocycles. The number of rotatable bonds is 7. The van der Waals surface area contributed by atoms with Crippen molar-refractivity contribution in [3.63, 3.8) is 0 Å². The molecule has 0 unspecified atom stereocenters. The third-order valence-corrected chi connectivity index (χ3v) is 3.72. The molecular weight excluding hydrogens is 339 g/mol. The number of carbonyl (C=O) groups excluding carboxylic acids is 2. The lowest BCUT2D eigenvalue weighted by molar-refractivity contribution is -0.146. The number of ether oxygens (including phenoxy) is 1. The van der Waals surface area contributed by atoms with Crippen molar-refractivity contribution in [3.8, 4) is 0 Å². The number of carbonyl (C=O) groups is 2. The smallest absolute Gasteiger partial charge is 0.331 e. The number of benzene rings is 2. The zero-order chi connectivity index (χ0) is 18.4. The van der Waals surface area contributed by atoms with Gasteiger partial charge in [-0.15, -0.1) is 5.10 Å². The van der Waals surface area contributed by atoms with E-state index >= 15 is 0 Å². The second-order valence-electron chi connectivity index (χ2n) is 5.54. The molecule has 2 aromatic carbocycles. The van der Waals surface area contributed by atoms with Gasteiger partial charge < -0.3 is 4.74 Å². The van der Waals surface area contributed by atoms with E-state index < -0.39 is 30.2 Å². The molecule has 0 bridgehead atoms. The monoisotopic (exact) mass is 354 g/mol. The topological polar surface area (TPSA) is 87.0 Å². The predicted octanol–water partition coefficient (Wildman–Crippen LogP) is 2.02. The van der Waals surface area contributed by atoms with E-state index in [1.807, 2.05) is 30.3 Å². The van der Waals surface area contributed by atoms with Crippen LogP contribution in [0.15, 0.2) is 60.9 Å². The van der Waals surface area contributed by atoms with Crippen LogP contribution in [0.1, 0.15) is 22.0 Å². The number of esters is 1. The van der Waals surface area contributed by atoms with Crippen LogP contribution in [0.2, 0.25) is 0 Å². The van der Waals surface area contributed by atoms with E-state index in [9.17, 15) is 14.0 Å². The molecule has 0 aliphatic rings. The fourth-order valence-electron chi connectivity index (χ4n) is 2.41. The minimum Gasteiger partial charge on any atom is -0.456 e. The number of Topliss-reactive ketones (excluding diaryl/α,β-unsaturated/α-hetero) is 1. The Bertz CT molecular complexity index is 884. The van der Waals surface area contributed by atoms with Gasteiger partial charge in [-0.2, -0.15) is 0 Å². The maximum absolute atomic E-state index is 13.2. The highest BCUT2D eigenvalue weighted by Gasteiger charge is 2.25. The number of ketones is 1. The van der Waals surface area contributed by atoms with E-state index in [1.165, 1.54) is 29.2 Å². The van der Waals surface area contributed by atoms with E-state index in [4.69, 9.17) is 4.74 Å². The molecule has 0 aliphatic heterocycles. The summed E-state index contributed by atoms with van der Waals surface area (Å²) in [5.41, 5.74) is 1.03. The van der Waals surface area contributed by atoms with E-state index in [2.05, 4.69) is 15.5 Å². The number of aromatic nitrogens is 4. The van der Waals surface area contributed by atoms with E-state index in [-0.39, 0.29) is 5.56 Å². The fourth-order valence-corrected chi connectivity index (χ4v) is 2.41. The highest BCUT2D eigenvalue weighted by atomic mass is 19.1. The summed E-state index contributed by atoms with van der Waals surface area (Å²) in [5.74, 6) is -1.67. The number of nitrogens with zero attached hydrogens (tertiary/aromatic N) is 4. The lowest BCUT2D eigenvalue weighted by Crippen LogP contribution is -2.26. The fraction of sp³-hybridized carbons (Fsp3) is 0.167. The molecule has 0 saturated carbocycles. The Kier molecular flexibility index (Phi) is 5.43. The summed E-state index contributed by atoms with van der Waals surface area (Å²) < 4.78 is 19.6. The average Bonchev–Trinajstić information content (AvgIpc) is 3.19. The SMILES string of the molecule is O=C(COC(=O)[C@H](Cc1ccccc1)n1cnnn1)c1cccc(F)c1. The number of hydrogen-bond acceptors (Lipinski definition) is 6. The third-order valence-electron chi connectivity index (χ3n) is 3.72. The van der Waals surface area contributed by atoms with Gasteiger partial charge in [0.1, 0.15) is 12.1 Å². The molecule has 1 heterocycles. The highest BCUT2D eigenvalue weighted by Crippen LogP contribution is 2.15. The van der Waals surface area contributed by atoms with E-state index in [1.54, 1.807) is 0 Å². The van der Waals surface area contributed by atoms with Crippen molar-refractivity contribution in [2.75, 3.05) is 6.61 Å². The molecule has 132 valence electrons. The summed E-state index contributed by atoms with van der Waals surface area (Å²) in [7, 11) is 0. The first-order chi connectivity index (χ1) is 12.6. The molecule has 0 saturated heterocycles. The van der Waals surface area contributed by atoms with Gasteiger partial charge in [0.25, 0.3) is 0 Å². The Hall–Kier alpha value is -3.42. The van der Waals surface area contributed by atoms with Crippen LogP contribution in [0.25, 0.3) is 0 Å². The van der Waals surface area contributed by atoms with Gasteiger partial charge in [0.05, 0.1) is 0 Å². The van der Waals surface area contributed by atoms with Crippen LogP contribution in [-0.2, 0) is 16.0 Å². The van der Waals surface area contributed by atoms with Gasteiger partial charge in [0.15, 0.2) is 18.4 Å². The lowest BCUT2D eigenvalue weighted by Gasteiger charge is -2.15. The first kappa shape index (κ1) is 17.4. The van der Waals surface area contributed by atoms with Crippen molar-refractivity contribution in [1.82, 2.24) is 20.2 Å². The Morgan fingerprint density at radius 3 is 2.62 bits per heavy atom. The van der Waals surface area contributed by atoms with Crippen LogP contribution in [0.4, 0.5) is 4.39 Å². The molecule has 0 radical (unpaired) electrons. The van der Waals surface area contributed by atoms with Crippen LogP contribution < -0.4 is 0 Å². The molecular formula is C18H15FN4O3. The van der Waals surface area contributed by atoms with Crippen molar-refractivity contribution in [3.05, 3.63) is 77.9 Å². The van der Waals surface area contributed by atoms with Crippen molar-refractivity contribution < 1.29 is 18.7 Å². The van der Waals surface area contributed by atoms with Gasteiger partial charge in [-0.05, 0) is 28.1 Å². The van der Waals surface area contributed by atoms with E-state index in [0.29, 0.717) is 6.42 Å². The lowest BCUT2D eigenvalue weighted by atomic mass is 10.1. The van der Waals surface area contributed by atoms with Crippen molar-refractivity contribution in [2.45, 2.75) is 12.5 Å². The summed E-state index contributed by atoms with van der Waals surface area (Å²) in [6.45, 7) is -0.490. The first-order valence-corrected chi connectivity index (χ1v) is 7.85. The van der Waals surface area contributed by atoms with Crippen molar-refractivity contribution in [2.24, 2.45) is 0 Å². The Labute approximate surface area is 148 Å². The Morgan fingerprint density at radius 2 is 1.92 bits per heavy atom. The summed E-state index contributed by atoms with van der Waals surface area (Å²) in [6.07, 6.45) is 1.61. The van der Waals surface area contributed by atoms with Crippen LogP contribution >= 0.6 is 0 Å². The molecule has 1 aromatic heterocycles. The molecule has 1 atom stereocenters. The first-order valence-electron chi connectivity index (χ1n) is 7.85. The molecule has 0 N–H and O–H groups in total. The highest BCUT2D eigenvalue weighted by molar-refractivity contribution is 5.98. The van der Waals surface area contributed by atoms with Gasteiger partial charge >= 0.3 is 5.97 Å². The minimum atomic E-state index is -0.812. The van der Waals surface area contributed by atoms with Gasteiger partial charge in [-0.1, -0.05) is 42.5 Å². The second-order valence-corrected chi connectivity index (χ2v) is 5.54. The third kappa shape index (κ3) is 4.35. The standard InChI is InChI=1S/C18H15FN4O3/c19-15-8-4-7-14(10-15)17(24)11-26-18(25)16(23-12-20-21-22-23)9-13-5-2-1-3-6-13/h1-8,10,12,16H,9,11H2/t16-/m0/s1. The van der Waals surface area contributed by atoms with Gasteiger partial charge in [0, 0.05) is 12.0 Å². The quantitative estimate of drug-likeness (QED) is 0.477. The summed E-state index contributed by atoms with van der Waals surface area (Å²) in [6, 6.07) is 13.7. The molecule has 3 rings (SSSR count). The molecule has 0 fully saturated rings. The Balaban J connectivity index is 1.69. The van der Waals surface area contributed by atoms with Crippen molar-refractivity contribution >= 4 is 11.8 Å². The Morgan fingerprint density at radius 1 is 1.12 bits per heavy atom. The van der Waals surface area contributed by atoms with Crippen LogP contribution in [0.5, 0.6) is 0 Å². The molecule has 8 heteroatoms. The van der Waals surface area contributed by atoms with Crippen LogP contribution in [0, 0.1) is 5.82 Å². The van der Waals surface area contributed by atoms with Gasteiger partial charge in [-0.25, -0.2) is 13.9 Å². The van der Waals surface area contributed by atoms with Gasteiger partial charge in [0.2, 0.25) is 0 Å². The maximum Gasteiger partial charge on any atom is 0.331 e. The number of hydrogen-bond donors (Lipinski definition) is 0. The normalized spacial score (nSPS) is 11.7. The second kappa shape index (κ2) is 8.11. The minimum absolute atomic E-state index is 0.139. The number of halogens is 1. The molecule has 26 heavy (non-hydrogen) atoms. The van der Waals surface area contributed by atoms with Crippen LogP contribution in [0.3, 0.4) is 0 Å². The predicted molar refractivity (Wildman–Crippen MR) is 88.7 cm³/mol.